The van der Waals surface area contributed by atoms with Crippen LogP contribution in [0.3, 0.4) is 0 Å². The number of hydrogen-bond donors (Lipinski definition) is 5. The largest absolute Gasteiger partial charge is 0.357 e. The van der Waals surface area contributed by atoms with Gasteiger partial charge in [-0.1, -0.05) is 43.3 Å². The lowest BCUT2D eigenvalue weighted by molar-refractivity contribution is -0.365. The first-order chi connectivity index (χ1) is 13.1. The van der Waals surface area contributed by atoms with Crippen molar-refractivity contribution in [2.45, 2.75) is 19.4 Å². The van der Waals surface area contributed by atoms with E-state index in [-0.39, 0.29) is 12.5 Å². The van der Waals surface area contributed by atoms with Crippen molar-refractivity contribution in [3.8, 4) is 11.1 Å². The van der Waals surface area contributed by atoms with E-state index >= 15 is 0 Å². The Morgan fingerprint density at radius 1 is 1.04 bits per heavy atom. The topological polar surface area (TPSA) is 118 Å². The van der Waals surface area contributed by atoms with E-state index < -0.39 is 11.9 Å². The summed E-state index contributed by atoms with van der Waals surface area (Å²) in [5.41, 5.74) is 9.08. The maximum atomic E-state index is 12.4. The highest BCUT2D eigenvalue weighted by Crippen LogP contribution is 2.20. The Labute approximate surface area is 158 Å². The Hall–Kier alpha value is -2.74. The fraction of sp³-hybridized carbons (Fsp3) is 0.300. The molecule has 7 nitrogen and oxygen atoms in total. The number of hydroxylamine groups is 1. The molecule has 0 aliphatic heterocycles. The lowest BCUT2D eigenvalue weighted by Gasteiger charge is -2.17. The van der Waals surface area contributed by atoms with E-state index in [0.29, 0.717) is 18.7 Å². The number of benzene rings is 2. The Morgan fingerprint density at radius 2 is 1.63 bits per heavy atom. The van der Waals surface area contributed by atoms with Gasteiger partial charge >= 0.3 is 0 Å². The maximum Gasteiger partial charge on any atom is 0.267 e. The second-order valence-corrected chi connectivity index (χ2v) is 6.19. The Bertz CT molecular complexity index is 745. The number of quaternary nitrogens is 1. The van der Waals surface area contributed by atoms with Crippen LogP contribution in [-0.4, -0.2) is 42.7 Å². The lowest BCUT2D eigenvalue weighted by Crippen LogP contribution is -2.57. The Balaban J connectivity index is 2.05. The van der Waals surface area contributed by atoms with E-state index in [0.717, 1.165) is 17.5 Å². The van der Waals surface area contributed by atoms with Crippen LogP contribution in [0.15, 0.2) is 48.5 Å². The highest BCUT2D eigenvalue weighted by atomic mass is 16.5. The molecule has 27 heavy (non-hydrogen) atoms. The summed E-state index contributed by atoms with van der Waals surface area (Å²) in [6, 6.07) is 14.6. The van der Waals surface area contributed by atoms with Gasteiger partial charge in [0.05, 0.1) is 6.54 Å². The van der Waals surface area contributed by atoms with Crippen LogP contribution in [0.25, 0.3) is 11.1 Å². The average Bonchev–Trinajstić information content (AvgIpc) is 2.72. The van der Waals surface area contributed by atoms with Crippen LogP contribution in [0.4, 0.5) is 0 Å². The summed E-state index contributed by atoms with van der Waals surface area (Å²) < 4.78 is 0. The first-order valence-corrected chi connectivity index (χ1v) is 9.03. The average molecular weight is 371 g/mol. The zero-order chi connectivity index (χ0) is 19.6. The molecule has 2 amide bonds. The molecule has 2 rings (SSSR count). The summed E-state index contributed by atoms with van der Waals surface area (Å²) in [4.78, 5) is 24.2. The van der Waals surface area contributed by atoms with E-state index in [2.05, 4.69) is 47.6 Å². The van der Waals surface area contributed by atoms with Gasteiger partial charge in [0, 0.05) is 18.7 Å². The zero-order valence-corrected chi connectivity index (χ0v) is 15.5. The van der Waals surface area contributed by atoms with E-state index in [4.69, 9.17) is 5.21 Å². The van der Waals surface area contributed by atoms with Gasteiger partial charge in [-0.15, -0.1) is 0 Å². The zero-order valence-electron chi connectivity index (χ0n) is 15.5. The second-order valence-electron chi connectivity index (χ2n) is 6.19. The van der Waals surface area contributed by atoms with E-state index in [1.54, 1.807) is 17.6 Å². The molecule has 0 bridgehead atoms. The smallest absolute Gasteiger partial charge is 0.267 e. The van der Waals surface area contributed by atoms with Crippen LogP contribution < -0.4 is 21.8 Å². The van der Waals surface area contributed by atoms with Gasteiger partial charge in [-0.05, 0) is 35.2 Å². The molecule has 0 saturated carbocycles. The fourth-order valence-electron chi connectivity index (χ4n) is 2.65. The molecular weight excluding hydrogens is 344 g/mol. The molecule has 0 aromatic heterocycles. The van der Waals surface area contributed by atoms with Crippen molar-refractivity contribution < 1.29 is 20.5 Å². The van der Waals surface area contributed by atoms with Crippen molar-refractivity contribution in [1.29, 1.82) is 0 Å². The molecule has 0 aliphatic rings. The van der Waals surface area contributed by atoms with Gasteiger partial charge < -0.3 is 16.4 Å². The van der Waals surface area contributed by atoms with Gasteiger partial charge in [-0.2, -0.15) is 0 Å². The lowest BCUT2D eigenvalue weighted by atomic mass is 10.0. The molecule has 1 unspecified atom stereocenters. The van der Waals surface area contributed by atoms with Gasteiger partial charge in [0.25, 0.3) is 11.8 Å². The minimum Gasteiger partial charge on any atom is -0.357 e. The molecule has 0 radical (unpaired) electrons. The number of amides is 2. The third kappa shape index (κ3) is 5.89. The molecule has 7 N–H and O–H groups in total. The number of rotatable bonds is 9. The SMILES string of the molecule is CCc1ccc(-c2ccc(C(=O)NC(CNCC[NH3+])C(=O)NO)cc2)cc1. The number of carbonyl (C=O) groups excluding carboxylic acids is 2. The molecule has 0 aliphatic carbocycles. The molecule has 1 atom stereocenters. The summed E-state index contributed by atoms with van der Waals surface area (Å²) in [6.07, 6.45) is 0.992. The highest BCUT2D eigenvalue weighted by molar-refractivity contribution is 5.97. The Kier molecular flexibility index (Phi) is 7.94. The van der Waals surface area contributed by atoms with Crippen LogP contribution in [0.5, 0.6) is 0 Å². The summed E-state index contributed by atoms with van der Waals surface area (Å²) in [5, 5.41) is 14.5. The predicted octanol–water partition coefficient (Wildman–Crippen LogP) is 0.351. The van der Waals surface area contributed by atoms with Crippen molar-refractivity contribution in [3.05, 3.63) is 59.7 Å². The maximum absolute atomic E-state index is 12.4. The minimum atomic E-state index is -0.879. The summed E-state index contributed by atoms with van der Waals surface area (Å²) in [5.74, 6) is -1.06. The molecular formula is C20H27N4O3+. The van der Waals surface area contributed by atoms with Gasteiger partial charge in [0.1, 0.15) is 6.04 Å². The van der Waals surface area contributed by atoms with Crippen LogP contribution in [-0.2, 0) is 11.2 Å². The summed E-state index contributed by atoms with van der Waals surface area (Å²) in [7, 11) is 0. The van der Waals surface area contributed by atoms with E-state index in [1.165, 1.54) is 5.56 Å². The third-order valence-electron chi connectivity index (χ3n) is 4.28. The van der Waals surface area contributed by atoms with Crippen molar-refractivity contribution >= 4 is 11.8 Å². The molecule has 0 saturated heterocycles. The van der Waals surface area contributed by atoms with Gasteiger partial charge in [0.15, 0.2) is 0 Å². The predicted molar refractivity (Wildman–Crippen MR) is 103 cm³/mol. The van der Waals surface area contributed by atoms with Crippen LogP contribution in [0, 0.1) is 0 Å². The van der Waals surface area contributed by atoms with Gasteiger partial charge in [-0.25, -0.2) is 5.48 Å². The summed E-state index contributed by atoms with van der Waals surface area (Å²) in [6.45, 7) is 3.58. The van der Waals surface area contributed by atoms with Crippen LogP contribution in [0.2, 0.25) is 0 Å². The van der Waals surface area contributed by atoms with Crippen molar-refractivity contribution in [3.63, 3.8) is 0 Å². The molecule has 0 spiro atoms. The fourth-order valence-corrected chi connectivity index (χ4v) is 2.65. The molecule has 2 aromatic carbocycles. The van der Waals surface area contributed by atoms with E-state index in [1.807, 2.05) is 12.1 Å². The number of hydrogen-bond acceptors (Lipinski definition) is 4. The quantitative estimate of drug-likeness (QED) is 0.248. The van der Waals surface area contributed by atoms with Crippen molar-refractivity contribution in [2.24, 2.45) is 0 Å². The number of nitrogens with one attached hydrogen (secondary N) is 3. The van der Waals surface area contributed by atoms with E-state index in [9.17, 15) is 9.59 Å². The molecule has 0 fully saturated rings. The van der Waals surface area contributed by atoms with Crippen molar-refractivity contribution in [1.82, 2.24) is 16.1 Å². The van der Waals surface area contributed by atoms with Crippen LogP contribution >= 0.6 is 0 Å². The highest BCUT2D eigenvalue weighted by Gasteiger charge is 2.20. The number of carbonyl (C=O) groups is 2. The molecule has 7 heteroatoms. The number of aryl methyl sites for hydroxylation is 1. The van der Waals surface area contributed by atoms with Crippen LogP contribution in [0.1, 0.15) is 22.8 Å². The minimum absolute atomic E-state index is 0.204. The standard InChI is InChI=1S/C20H26N4O3/c1-2-14-3-5-15(6-4-14)16-7-9-17(10-8-16)19(25)23-18(20(26)24-27)13-22-12-11-21/h3-10,18,22,27H,2,11-13,21H2,1H3,(H,23,25)(H,24,26)/p+1. The first kappa shape index (κ1) is 20.6. The molecule has 2 aromatic rings. The Morgan fingerprint density at radius 3 is 2.15 bits per heavy atom. The van der Waals surface area contributed by atoms with Gasteiger partial charge in [-0.3, -0.25) is 14.8 Å². The normalized spacial score (nSPS) is 11.7. The summed E-state index contributed by atoms with van der Waals surface area (Å²) >= 11 is 0. The first-order valence-electron chi connectivity index (χ1n) is 9.03. The van der Waals surface area contributed by atoms with Crippen molar-refractivity contribution in [2.75, 3.05) is 19.6 Å². The third-order valence-corrected chi connectivity index (χ3v) is 4.28. The molecule has 144 valence electrons. The second kappa shape index (κ2) is 10.4. The monoisotopic (exact) mass is 371 g/mol. The molecule has 0 heterocycles. The van der Waals surface area contributed by atoms with Gasteiger partial charge in [0.2, 0.25) is 0 Å².